The van der Waals surface area contributed by atoms with Crippen LogP contribution in [0.3, 0.4) is 0 Å². The third-order valence-corrected chi connectivity index (χ3v) is 3.37. The average Bonchev–Trinajstić information content (AvgIpc) is 2.90. The predicted molar refractivity (Wildman–Crippen MR) is 87.8 cm³/mol. The number of nitrogens with zero attached hydrogens (tertiary/aromatic N) is 3. The quantitative estimate of drug-likeness (QED) is 0.754. The van der Waals surface area contributed by atoms with Crippen molar-refractivity contribution in [2.24, 2.45) is 0 Å². The van der Waals surface area contributed by atoms with Gasteiger partial charge >= 0.3 is 0 Å². The highest BCUT2D eigenvalue weighted by molar-refractivity contribution is 5.92. The van der Waals surface area contributed by atoms with Gasteiger partial charge in [0.2, 0.25) is 0 Å². The number of rotatable bonds is 5. The van der Waals surface area contributed by atoms with E-state index in [2.05, 4.69) is 20.1 Å². The van der Waals surface area contributed by atoms with E-state index >= 15 is 0 Å². The van der Waals surface area contributed by atoms with Crippen molar-refractivity contribution >= 4 is 16.7 Å². The third-order valence-electron chi connectivity index (χ3n) is 3.37. The zero-order valence-electron chi connectivity index (χ0n) is 12.7. The molecule has 0 aliphatic rings. The van der Waals surface area contributed by atoms with Gasteiger partial charge in [0, 0.05) is 17.5 Å². The Morgan fingerprint density at radius 2 is 2.00 bits per heavy atom. The van der Waals surface area contributed by atoms with Crippen molar-refractivity contribution in [3.05, 3.63) is 36.5 Å². The van der Waals surface area contributed by atoms with Crippen LogP contribution in [0.5, 0.6) is 5.75 Å². The number of likely N-dealkylation sites (N-methyl/N-ethyl adjacent to an activating group) is 1. The number of H-pyrrole nitrogens is 1. The number of benzene rings is 1. The lowest BCUT2D eigenvalue weighted by atomic mass is 10.1. The minimum Gasteiger partial charge on any atom is -0.492 e. The number of nitrogens with one attached hydrogen (secondary N) is 1. The summed E-state index contributed by atoms with van der Waals surface area (Å²) in [6.45, 7) is 1.55. The summed E-state index contributed by atoms with van der Waals surface area (Å²) in [5, 5.41) is 8.17. The second kappa shape index (κ2) is 6.03. The maximum atomic E-state index is 5.81. The first-order chi connectivity index (χ1) is 10.6. The molecule has 0 atom stereocenters. The summed E-state index contributed by atoms with van der Waals surface area (Å²) >= 11 is 0. The Hall–Kier alpha value is -2.60. The predicted octanol–water partition coefficient (Wildman–Crippen LogP) is 2.15. The van der Waals surface area contributed by atoms with Gasteiger partial charge in [-0.05, 0) is 44.4 Å². The Morgan fingerprint density at radius 3 is 2.73 bits per heavy atom. The molecule has 0 spiro atoms. The molecule has 0 saturated heterocycles. The van der Waals surface area contributed by atoms with Crippen LogP contribution in [-0.4, -0.2) is 47.3 Å². The molecular formula is C16H19N5O. The Bertz CT molecular complexity index is 764. The van der Waals surface area contributed by atoms with E-state index in [1.54, 1.807) is 6.20 Å². The number of aromatic nitrogens is 3. The minimum atomic E-state index is 0.624. The number of nitrogen functional groups attached to an aromatic ring is 1. The molecule has 0 amide bonds. The molecular weight excluding hydrogens is 278 g/mol. The maximum Gasteiger partial charge on any atom is 0.155 e. The van der Waals surface area contributed by atoms with E-state index in [1.807, 2.05) is 44.4 Å². The van der Waals surface area contributed by atoms with Crippen LogP contribution in [-0.2, 0) is 0 Å². The summed E-state index contributed by atoms with van der Waals surface area (Å²) in [5.41, 5.74) is 9.00. The topological polar surface area (TPSA) is 80.1 Å². The number of hydrogen-bond acceptors (Lipinski definition) is 5. The van der Waals surface area contributed by atoms with Crippen LogP contribution < -0.4 is 10.5 Å². The molecule has 114 valence electrons. The van der Waals surface area contributed by atoms with Gasteiger partial charge in [-0.1, -0.05) is 0 Å². The highest BCUT2D eigenvalue weighted by Gasteiger charge is 2.09. The van der Waals surface area contributed by atoms with Gasteiger partial charge in [0.1, 0.15) is 18.1 Å². The molecule has 0 bridgehead atoms. The third kappa shape index (κ3) is 3.01. The van der Waals surface area contributed by atoms with Crippen LogP contribution in [0, 0.1) is 0 Å². The highest BCUT2D eigenvalue weighted by Crippen LogP contribution is 2.27. The normalized spacial score (nSPS) is 11.2. The summed E-state index contributed by atoms with van der Waals surface area (Å²) in [6, 6.07) is 9.76. The standard InChI is InChI=1S/C16H19N5O/c1-21(2)7-8-22-13-5-3-11(4-6-13)15-14-9-12(17)10-18-16(14)20-19-15/h3-6,9-10H,7-8,17H2,1-2H3,(H,18,19,20). The number of ether oxygens (including phenoxy) is 1. The van der Waals surface area contributed by atoms with E-state index in [9.17, 15) is 0 Å². The van der Waals surface area contributed by atoms with E-state index in [1.165, 1.54) is 0 Å². The lowest BCUT2D eigenvalue weighted by Gasteiger charge is -2.11. The van der Waals surface area contributed by atoms with Crippen LogP contribution in [0.25, 0.3) is 22.3 Å². The van der Waals surface area contributed by atoms with Gasteiger partial charge in [0.15, 0.2) is 5.65 Å². The van der Waals surface area contributed by atoms with Crippen molar-refractivity contribution in [3.63, 3.8) is 0 Å². The van der Waals surface area contributed by atoms with Crippen LogP contribution in [0.2, 0.25) is 0 Å². The van der Waals surface area contributed by atoms with Crippen molar-refractivity contribution in [1.29, 1.82) is 0 Å². The summed E-state index contributed by atoms with van der Waals surface area (Å²) in [7, 11) is 4.05. The molecule has 3 rings (SSSR count). The molecule has 0 saturated carbocycles. The number of pyridine rings is 1. The molecule has 2 aromatic heterocycles. The van der Waals surface area contributed by atoms with Gasteiger partial charge in [-0.2, -0.15) is 5.10 Å². The first-order valence-corrected chi connectivity index (χ1v) is 7.11. The minimum absolute atomic E-state index is 0.624. The zero-order chi connectivity index (χ0) is 15.5. The molecule has 3 N–H and O–H groups in total. The molecule has 3 aromatic rings. The monoisotopic (exact) mass is 297 g/mol. The summed E-state index contributed by atoms with van der Waals surface area (Å²) in [6.07, 6.45) is 1.62. The molecule has 1 aromatic carbocycles. The highest BCUT2D eigenvalue weighted by atomic mass is 16.5. The zero-order valence-corrected chi connectivity index (χ0v) is 12.7. The SMILES string of the molecule is CN(C)CCOc1ccc(-c2n[nH]c3ncc(N)cc23)cc1. The molecule has 6 heteroatoms. The van der Waals surface area contributed by atoms with Gasteiger partial charge in [0.05, 0.1) is 11.9 Å². The second-order valence-electron chi connectivity index (χ2n) is 5.41. The number of hydrogen-bond donors (Lipinski definition) is 2. The molecule has 0 radical (unpaired) electrons. The van der Waals surface area contributed by atoms with E-state index in [0.717, 1.165) is 34.6 Å². The van der Waals surface area contributed by atoms with Crippen molar-refractivity contribution in [3.8, 4) is 17.0 Å². The van der Waals surface area contributed by atoms with Crippen LogP contribution in [0.1, 0.15) is 0 Å². The lowest BCUT2D eigenvalue weighted by molar-refractivity contribution is 0.261. The fourth-order valence-corrected chi connectivity index (χ4v) is 2.19. The molecule has 6 nitrogen and oxygen atoms in total. The summed E-state index contributed by atoms with van der Waals surface area (Å²) in [5.74, 6) is 0.850. The molecule has 22 heavy (non-hydrogen) atoms. The number of fused-ring (bicyclic) bond motifs is 1. The number of anilines is 1. The van der Waals surface area contributed by atoms with E-state index in [0.29, 0.717) is 12.3 Å². The average molecular weight is 297 g/mol. The van der Waals surface area contributed by atoms with Gasteiger partial charge in [-0.3, -0.25) is 5.10 Å². The Balaban J connectivity index is 1.81. The van der Waals surface area contributed by atoms with E-state index < -0.39 is 0 Å². The van der Waals surface area contributed by atoms with E-state index in [4.69, 9.17) is 10.5 Å². The van der Waals surface area contributed by atoms with Crippen LogP contribution in [0.15, 0.2) is 36.5 Å². The maximum absolute atomic E-state index is 5.81. The fraction of sp³-hybridized carbons (Fsp3) is 0.250. The molecule has 0 fully saturated rings. The first-order valence-electron chi connectivity index (χ1n) is 7.11. The second-order valence-corrected chi connectivity index (χ2v) is 5.41. The van der Waals surface area contributed by atoms with Crippen LogP contribution >= 0.6 is 0 Å². The van der Waals surface area contributed by atoms with Gasteiger partial charge in [0.25, 0.3) is 0 Å². The molecule has 2 heterocycles. The largest absolute Gasteiger partial charge is 0.492 e. The van der Waals surface area contributed by atoms with Crippen molar-refractivity contribution in [1.82, 2.24) is 20.1 Å². The molecule has 0 unspecified atom stereocenters. The number of aromatic amines is 1. The summed E-state index contributed by atoms with van der Waals surface area (Å²) < 4.78 is 5.69. The Kier molecular flexibility index (Phi) is 3.93. The lowest BCUT2D eigenvalue weighted by Crippen LogP contribution is -2.19. The van der Waals surface area contributed by atoms with Gasteiger partial charge < -0.3 is 15.4 Å². The first kappa shape index (κ1) is 14.3. The molecule has 0 aliphatic carbocycles. The smallest absolute Gasteiger partial charge is 0.155 e. The molecule has 0 aliphatic heterocycles. The van der Waals surface area contributed by atoms with Gasteiger partial charge in [-0.25, -0.2) is 4.98 Å². The van der Waals surface area contributed by atoms with E-state index in [-0.39, 0.29) is 0 Å². The van der Waals surface area contributed by atoms with Gasteiger partial charge in [-0.15, -0.1) is 0 Å². The van der Waals surface area contributed by atoms with Crippen molar-refractivity contribution in [2.45, 2.75) is 0 Å². The van der Waals surface area contributed by atoms with Crippen LogP contribution in [0.4, 0.5) is 5.69 Å². The Morgan fingerprint density at radius 1 is 1.23 bits per heavy atom. The fourth-order valence-electron chi connectivity index (χ4n) is 2.19. The Labute approximate surface area is 128 Å². The van der Waals surface area contributed by atoms with Crippen molar-refractivity contribution < 1.29 is 4.74 Å². The summed E-state index contributed by atoms with van der Waals surface area (Å²) in [4.78, 5) is 6.31. The van der Waals surface area contributed by atoms with Crippen molar-refractivity contribution in [2.75, 3.05) is 33.0 Å². The number of nitrogens with two attached hydrogens (primary N) is 1.